The molecule has 0 radical (unpaired) electrons. The summed E-state index contributed by atoms with van der Waals surface area (Å²) in [5.74, 6) is -0.710. The number of hydrogen-bond donors (Lipinski definition) is 2. The van der Waals surface area contributed by atoms with Gasteiger partial charge in [-0.2, -0.15) is 0 Å². The Labute approximate surface area is 121 Å². The lowest BCUT2D eigenvalue weighted by atomic mass is 10.1. The van der Waals surface area contributed by atoms with Crippen molar-refractivity contribution in [3.8, 4) is 0 Å². The van der Waals surface area contributed by atoms with Gasteiger partial charge in [0.25, 0.3) is 5.91 Å². The molecule has 20 heavy (non-hydrogen) atoms. The van der Waals surface area contributed by atoms with Crippen molar-refractivity contribution < 1.29 is 9.18 Å². The molecule has 0 atom stereocenters. The summed E-state index contributed by atoms with van der Waals surface area (Å²) < 4.78 is 13.7. The van der Waals surface area contributed by atoms with Crippen LogP contribution in [0.25, 0.3) is 0 Å². The van der Waals surface area contributed by atoms with E-state index in [0.29, 0.717) is 11.6 Å². The van der Waals surface area contributed by atoms with Gasteiger partial charge in [0.1, 0.15) is 5.82 Å². The van der Waals surface area contributed by atoms with Crippen molar-refractivity contribution >= 4 is 29.0 Å². The number of hydrogen-bond acceptors (Lipinski definition) is 3. The van der Waals surface area contributed by atoms with Crippen molar-refractivity contribution in [2.45, 2.75) is 6.92 Å². The Morgan fingerprint density at radius 1 is 1.35 bits per heavy atom. The molecule has 2 N–H and O–H groups in total. The molecule has 4 nitrogen and oxygen atoms in total. The predicted molar refractivity (Wildman–Crippen MR) is 77.8 cm³/mol. The molecule has 1 aromatic carbocycles. The van der Waals surface area contributed by atoms with Crippen LogP contribution in [0.3, 0.4) is 0 Å². The van der Waals surface area contributed by atoms with Gasteiger partial charge >= 0.3 is 0 Å². The lowest BCUT2D eigenvalue weighted by Crippen LogP contribution is -2.16. The van der Waals surface area contributed by atoms with Crippen LogP contribution in [0.4, 0.5) is 15.9 Å². The van der Waals surface area contributed by atoms with Gasteiger partial charge in [-0.15, -0.1) is 0 Å². The van der Waals surface area contributed by atoms with Gasteiger partial charge in [0, 0.05) is 12.7 Å². The minimum atomic E-state index is -0.480. The molecule has 104 valence electrons. The molecule has 2 rings (SSSR count). The average molecular weight is 294 g/mol. The van der Waals surface area contributed by atoms with Gasteiger partial charge in [0.15, 0.2) is 5.82 Å². The highest BCUT2D eigenvalue weighted by Crippen LogP contribution is 2.23. The molecule has 0 unspecified atom stereocenters. The second-order valence-corrected chi connectivity index (χ2v) is 4.39. The third kappa shape index (κ3) is 3.05. The number of carbonyl (C=O) groups is 1. The highest BCUT2D eigenvalue weighted by molar-refractivity contribution is 6.33. The van der Waals surface area contributed by atoms with E-state index >= 15 is 0 Å². The van der Waals surface area contributed by atoms with Gasteiger partial charge in [-0.05, 0) is 31.2 Å². The fourth-order valence-corrected chi connectivity index (χ4v) is 1.89. The summed E-state index contributed by atoms with van der Waals surface area (Å²) in [6, 6.07) is 7.58. The number of pyridine rings is 1. The van der Waals surface area contributed by atoms with Crippen LogP contribution in [0.5, 0.6) is 0 Å². The minimum Gasteiger partial charge on any atom is -0.382 e. The molecular weight excluding hydrogens is 281 g/mol. The maximum Gasteiger partial charge on any atom is 0.259 e. The lowest BCUT2D eigenvalue weighted by molar-refractivity contribution is 0.102. The molecule has 0 fully saturated rings. The fourth-order valence-electron chi connectivity index (χ4n) is 1.72. The first kappa shape index (κ1) is 14.3. The van der Waals surface area contributed by atoms with Crippen molar-refractivity contribution in [2.75, 3.05) is 17.2 Å². The van der Waals surface area contributed by atoms with Crippen molar-refractivity contribution in [3.05, 3.63) is 52.9 Å². The van der Waals surface area contributed by atoms with E-state index in [0.717, 1.165) is 0 Å². The van der Waals surface area contributed by atoms with E-state index in [-0.39, 0.29) is 17.1 Å². The Morgan fingerprint density at radius 2 is 2.15 bits per heavy atom. The fraction of sp³-hybridized carbons (Fsp3) is 0.143. The molecule has 1 heterocycles. The number of nitrogens with zero attached hydrogens (tertiary/aromatic N) is 1. The highest BCUT2D eigenvalue weighted by Gasteiger charge is 2.16. The van der Waals surface area contributed by atoms with Crippen molar-refractivity contribution in [1.29, 1.82) is 0 Å². The number of benzene rings is 1. The average Bonchev–Trinajstić information content (AvgIpc) is 2.43. The molecule has 0 aliphatic rings. The van der Waals surface area contributed by atoms with E-state index in [1.807, 2.05) is 6.92 Å². The quantitative estimate of drug-likeness (QED) is 0.906. The molecule has 1 amide bonds. The Kier molecular flexibility index (Phi) is 4.53. The zero-order chi connectivity index (χ0) is 14.5. The number of aromatic nitrogens is 1. The summed E-state index contributed by atoms with van der Waals surface area (Å²) in [7, 11) is 0. The number of amides is 1. The van der Waals surface area contributed by atoms with E-state index in [4.69, 9.17) is 11.6 Å². The number of rotatable bonds is 4. The maximum atomic E-state index is 13.7. The molecule has 0 spiro atoms. The van der Waals surface area contributed by atoms with Crippen molar-refractivity contribution in [2.24, 2.45) is 0 Å². The number of carbonyl (C=O) groups excluding carboxylic acids is 1. The minimum absolute atomic E-state index is 0.166. The second-order valence-electron chi connectivity index (χ2n) is 3.98. The van der Waals surface area contributed by atoms with E-state index in [1.165, 1.54) is 24.4 Å². The summed E-state index contributed by atoms with van der Waals surface area (Å²) in [4.78, 5) is 16.2. The van der Waals surface area contributed by atoms with Crippen LogP contribution in [-0.4, -0.2) is 17.4 Å². The molecule has 6 heteroatoms. The van der Waals surface area contributed by atoms with Crippen LogP contribution < -0.4 is 10.6 Å². The Bertz CT molecular complexity index is 634. The first-order chi connectivity index (χ1) is 9.63. The van der Waals surface area contributed by atoms with Gasteiger partial charge in [-0.25, -0.2) is 9.37 Å². The molecule has 1 aromatic heterocycles. The third-order valence-corrected chi connectivity index (χ3v) is 2.91. The van der Waals surface area contributed by atoms with Gasteiger partial charge in [0.05, 0.1) is 16.3 Å². The van der Waals surface area contributed by atoms with Crippen LogP contribution in [0.1, 0.15) is 17.3 Å². The summed E-state index contributed by atoms with van der Waals surface area (Å²) in [5.41, 5.74) is 0.369. The number of halogens is 2. The van der Waals surface area contributed by atoms with Crippen LogP contribution in [-0.2, 0) is 0 Å². The van der Waals surface area contributed by atoms with Gasteiger partial charge in [-0.1, -0.05) is 17.7 Å². The Hall–Kier alpha value is -2.14. The topological polar surface area (TPSA) is 54.0 Å². The maximum absolute atomic E-state index is 13.7. The van der Waals surface area contributed by atoms with Crippen molar-refractivity contribution in [1.82, 2.24) is 4.98 Å². The lowest BCUT2D eigenvalue weighted by Gasteiger charge is -2.12. The smallest absolute Gasteiger partial charge is 0.259 e. The van der Waals surface area contributed by atoms with Crippen LogP contribution in [0, 0.1) is 5.82 Å². The number of nitrogens with one attached hydrogen (secondary N) is 2. The molecule has 0 saturated heterocycles. The summed E-state index contributed by atoms with van der Waals surface area (Å²) in [6.07, 6.45) is 1.51. The van der Waals surface area contributed by atoms with Gasteiger partial charge < -0.3 is 10.6 Å². The van der Waals surface area contributed by atoms with Gasteiger partial charge in [0.2, 0.25) is 0 Å². The zero-order valence-corrected chi connectivity index (χ0v) is 11.5. The SMILES string of the molecule is CCNc1c(F)cccc1C(=O)Nc1ncccc1Cl. The van der Waals surface area contributed by atoms with Gasteiger partial charge in [-0.3, -0.25) is 4.79 Å². The van der Waals surface area contributed by atoms with Crippen LogP contribution >= 0.6 is 11.6 Å². The molecule has 0 bridgehead atoms. The molecule has 0 saturated carbocycles. The van der Waals surface area contributed by atoms with E-state index < -0.39 is 11.7 Å². The zero-order valence-electron chi connectivity index (χ0n) is 10.8. The molecule has 2 aromatic rings. The monoisotopic (exact) mass is 293 g/mol. The summed E-state index contributed by atoms with van der Waals surface area (Å²) >= 11 is 5.92. The standard InChI is InChI=1S/C14H13ClFN3O/c1-2-17-12-9(5-3-7-11(12)16)14(20)19-13-10(15)6-4-8-18-13/h3-8,17H,2H2,1H3,(H,18,19,20). The molecule has 0 aliphatic carbocycles. The van der Waals surface area contributed by atoms with Crippen LogP contribution in [0.15, 0.2) is 36.5 Å². The first-order valence-corrected chi connectivity index (χ1v) is 6.45. The normalized spacial score (nSPS) is 10.2. The van der Waals surface area contributed by atoms with E-state index in [9.17, 15) is 9.18 Å². The molecular formula is C14H13ClFN3O. The predicted octanol–water partition coefficient (Wildman–Crippen LogP) is 3.56. The second kappa shape index (κ2) is 6.34. The molecule has 0 aliphatic heterocycles. The van der Waals surface area contributed by atoms with Crippen LogP contribution in [0.2, 0.25) is 5.02 Å². The van der Waals surface area contributed by atoms with E-state index in [2.05, 4.69) is 15.6 Å². The Morgan fingerprint density at radius 3 is 2.85 bits per heavy atom. The summed E-state index contributed by atoms with van der Waals surface area (Å²) in [5, 5.41) is 5.72. The highest BCUT2D eigenvalue weighted by atomic mass is 35.5. The largest absolute Gasteiger partial charge is 0.382 e. The van der Waals surface area contributed by atoms with Crippen molar-refractivity contribution in [3.63, 3.8) is 0 Å². The number of anilines is 2. The first-order valence-electron chi connectivity index (χ1n) is 6.07. The van der Waals surface area contributed by atoms with E-state index in [1.54, 1.807) is 12.1 Å². The number of para-hydroxylation sites is 1. The summed E-state index contributed by atoms with van der Waals surface area (Å²) in [6.45, 7) is 2.33. The Balaban J connectivity index is 2.30. The third-order valence-electron chi connectivity index (χ3n) is 2.60.